The molecule has 3 aromatic heterocycles. The van der Waals surface area contributed by atoms with Crippen molar-refractivity contribution in [2.75, 3.05) is 20.3 Å². The summed E-state index contributed by atoms with van der Waals surface area (Å²) in [7, 11) is 3.04. The molecule has 3 aromatic rings. The van der Waals surface area contributed by atoms with Crippen LogP contribution in [0.3, 0.4) is 0 Å². The molecule has 10 heteroatoms. The lowest BCUT2D eigenvalue weighted by molar-refractivity contribution is 0.0655. The number of aromatic nitrogens is 4. The molecule has 0 bridgehead atoms. The third kappa shape index (κ3) is 4.03. The van der Waals surface area contributed by atoms with Crippen LogP contribution in [0.2, 0.25) is 0 Å². The van der Waals surface area contributed by atoms with E-state index in [-0.39, 0.29) is 23.7 Å². The molecule has 0 N–H and O–H groups in total. The molecule has 0 saturated heterocycles. The molecule has 0 atom stereocenters. The van der Waals surface area contributed by atoms with Gasteiger partial charge in [-0.3, -0.25) is 9.59 Å². The Morgan fingerprint density at radius 2 is 2.19 bits per heavy atom. The number of ether oxygens (including phenoxy) is 1. The highest BCUT2D eigenvalue weighted by Crippen LogP contribution is 2.23. The van der Waals surface area contributed by atoms with E-state index in [0.29, 0.717) is 24.9 Å². The fraction of sp³-hybridized carbons (Fsp3) is 0.312. The van der Waals surface area contributed by atoms with Crippen molar-refractivity contribution in [2.24, 2.45) is 7.05 Å². The van der Waals surface area contributed by atoms with E-state index >= 15 is 0 Å². The number of thiophene rings is 1. The third-order valence-corrected chi connectivity index (χ3v) is 4.41. The molecule has 0 aliphatic carbocycles. The SMILES string of the molecule is COCCN(Cc1nnc(-c2cccs2)o1)C(=O)c1ccc(=O)n(C)n1. The molecular formula is C16H17N5O4S. The summed E-state index contributed by atoms with van der Waals surface area (Å²) < 4.78 is 11.8. The van der Waals surface area contributed by atoms with E-state index in [1.54, 1.807) is 7.11 Å². The first-order chi connectivity index (χ1) is 12.6. The van der Waals surface area contributed by atoms with Crippen LogP contribution in [0.15, 0.2) is 38.9 Å². The van der Waals surface area contributed by atoms with Crippen molar-refractivity contribution < 1.29 is 13.9 Å². The van der Waals surface area contributed by atoms with Crippen molar-refractivity contribution in [3.05, 3.63) is 51.6 Å². The largest absolute Gasteiger partial charge is 0.418 e. The predicted molar refractivity (Wildman–Crippen MR) is 93.7 cm³/mol. The molecule has 0 aliphatic rings. The zero-order chi connectivity index (χ0) is 18.5. The molecule has 0 aliphatic heterocycles. The lowest BCUT2D eigenvalue weighted by Gasteiger charge is -2.20. The molecule has 9 nitrogen and oxygen atoms in total. The topological polar surface area (TPSA) is 103 Å². The van der Waals surface area contributed by atoms with Crippen molar-refractivity contribution in [1.82, 2.24) is 24.9 Å². The summed E-state index contributed by atoms with van der Waals surface area (Å²) in [5.41, 5.74) is -0.135. The molecule has 1 amide bonds. The molecule has 0 unspecified atom stereocenters. The number of methoxy groups -OCH3 is 1. The second-order valence-corrected chi connectivity index (χ2v) is 6.33. The van der Waals surface area contributed by atoms with Gasteiger partial charge in [0.2, 0.25) is 5.89 Å². The van der Waals surface area contributed by atoms with Gasteiger partial charge in [-0.1, -0.05) is 6.07 Å². The number of rotatable bonds is 7. The van der Waals surface area contributed by atoms with Crippen molar-refractivity contribution in [2.45, 2.75) is 6.54 Å². The maximum absolute atomic E-state index is 12.8. The van der Waals surface area contributed by atoms with E-state index in [9.17, 15) is 9.59 Å². The summed E-state index contributed by atoms with van der Waals surface area (Å²) in [6.07, 6.45) is 0. The number of hydrogen-bond acceptors (Lipinski definition) is 8. The van der Waals surface area contributed by atoms with Crippen LogP contribution in [0.25, 0.3) is 10.8 Å². The Morgan fingerprint density at radius 3 is 2.88 bits per heavy atom. The van der Waals surface area contributed by atoms with Gasteiger partial charge < -0.3 is 14.1 Å². The van der Waals surface area contributed by atoms with Gasteiger partial charge in [0, 0.05) is 26.8 Å². The fourth-order valence-corrected chi connectivity index (χ4v) is 2.86. The highest BCUT2D eigenvalue weighted by Gasteiger charge is 2.21. The number of nitrogens with zero attached hydrogens (tertiary/aromatic N) is 5. The lowest BCUT2D eigenvalue weighted by Crippen LogP contribution is -2.35. The lowest BCUT2D eigenvalue weighted by atomic mass is 10.3. The van der Waals surface area contributed by atoms with Gasteiger partial charge in [0.25, 0.3) is 17.4 Å². The normalized spacial score (nSPS) is 10.8. The molecule has 26 heavy (non-hydrogen) atoms. The number of aryl methyl sites for hydroxylation is 1. The second-order valence-electron chi connectivity index (χ2n) is 5.38. The third-order valence-electron chi connectivity index (χ3n) is 3.56. The molecule has 0 radical (unpaired) electrons. The minimum absolute atomic E-state index is 0.116. The number of carbonyl (C=O) groups excluding carboxylic acids is 1. The van der Waals surface area contributed by atoms with Crippen LogP contribution in [-0.2, 0) is 18.3 Å². The van der Waals surface area contributed by atoms with Crippen LogP contribution >= 0.6 is 11.3 Å². The number of amides is 1. The Hall–Kier alpha value is -2.85. The molecular weight excluding hydrogens is 358 g/mol. The van der Waals surface area contributed by atoms with E-state index in [2.05, 4.69) is 15.3 Å². The van der Waals surface area contributed by atoms with Crippen molar-refractivity contribution in [3.8, 4) is 10.8 Å². The second kappa shape index (κ2) is 8.02. The predicted octanol–water partition coefficient (Wildman–Crippen LogP) is 1.18. The summed E-state index contributed by atoms with van der Waals surface area (Å²) in [5.74, 6) is 0.366. The van der Waals surface area contributed by atoms with Crippen molar-refractivity contribution in [3.63, 3.8) is 0 Å². The average Bonchev–Trinajstić information content (AvgIpc) is 3.31. The van der Waals surface area contributed by atoms with E-state index in [4.69, 9.17) is 9.15 Å². The highest BCUT2D eigenvalue weighted by atomic mass is 32.1. The summed E-state index contributed by atoms with van der Waals surface area (Å²) >= 11 is 1.49. The summed E-state index contributed by atoms with van der Waals surface area (Å²) in [6, 6.07) is 6.47. The Labute approximate surface area is 152 Å². The number of hydrogen-bond donors (Lipinski definition) is 0. The van der Waals surface area contributed by atoms with Crippen LogP contribution in [-0.4, -0.2) is 51.0 Å². The van der Waals surface area contributed by atoms with E-state index in [1.807, 2.05) is 17.5 Å². The van der Waals surface area contributed by atoms with Crippen LogP contribution in [0.1, 0.15) is 16.4 Å². The van der Waals surface area contributed by atoms with Gasteiger partial charge in [-0.25, -0.2) is 4.68 Å². The first kappa shape index (κ1) is 18.0. The molecule has 3 rings (SSSR count). The molecule has 0 fully saturated rings. The van der Waals surface area contributed by atoms with Crippen LogP contribution < -0.4 is 5.56 Å². The first-order valence-electron chi connectivity index (χ1n) is 7.77. The summed E-state index contributed by atoms with van der Waals surface area (Å²) in [4.78, 5) is 26.6. The van der Waals surface area contributed by atoms with Gasteiger partial charge in [-0.05, 0) is 17.5 Å². The maximum atomic E-state index is 12.8. The van der Waals surface area contributed by atoms with Gasteiger partial charge in [0.05, 0.1) is 18.0 Å². The zero-order valence-electron chi connectivity index (χ0n) is 14.3. The molecule has 3 heterocycles. The van der Waals surface area contributed by atoms with E-state index in [0.717, 1.165) is 9.56 Å². The highest BCUT2D eigenvalue weighted by molar-refractivity contribution is 7.13. The van der Waals surface area contributed by atoms with Crippen LogP contribution in [0, 0.1) is 0 Å². The molecule has 0 saturated carbocycles. The van der Waals surface area contributed by atoms with Crippen molar-refractivity contribution >= 4 is 17.2 Å². The standard InChI is InChI=1S/C16H17N5O4S/c1-20-14(22)6-5-11(19-20)16(23)21(7-8-24-2)10-13-17-18-15(25-13)12-4-3-9-26-12/h3-6,9H,7-8,10H2,1-2H3. The molecule has 0 spiro atoms. The maximum Gasteiger partial charge on any atom is 0.274 e. The monoisotopic (exact) mass is 375 g/mol. The van der Waals surface area contributed by atoms with Gasteiger partial charge in [0.1, 0.15) is 5.69 Å². The minimum atomic E-state index is -0.353. The van der Waals surface area contributed by atoms with E-state index < -0.39 is 0 Å². The van der Waals surface area contributed by atoms with Crippen LogP contribution in [0.4, 0.5) is 0 Å². The van der Waals surface area contributed by atoms with Gasteiger partial charge in [-0.15, -0.1) is 21.5 Å². The quantitative estimate of drug-likeness (QED) is 0.611. The summed E-state index contributed by atoms with van der Waals surface area (Å²) in [6.45, 7) is 0.769. The Balaban J connectivity index is 1.80. The smallest absolute Gasteiger partial charge is 0.274 e. The molecule has 136 valence electrons. The van der Waals surface area contributed by atoms with Gasteiger partial charge in [0.15, 0.2) is 0 Å². The minimum Gasteiger partial charge on any atom is -0.418 e. The summed E-state index contributed by atoms with van der Waals surface area (Å²) in [5, 5.41) is 13.9. The van der Waals surface area contributed by atoms with Gasteiger partial charge >= 0.3 is 0 Å². The first-order valence-corrected chi connectivity index (χ1v) is 8.65. The Kier molecular flexibility index (Phi) is 5.54. The van der Waals surface area contributed by atoms with E-state index in [1.165, 1.54) is 35.4 Å². The Bertz CT molecular complexity index is 934. The van der Waals surface area contributed by atoms with Crippen LogP contribution in [0.5, 0.6) is 0 Å². The Morgan fingerprint density at radius 1 is 1.35 bits per heavy atom. The zero-order valence-corrected chi connectivity index (χ0v) is 15.1. The van der Waals surface area contributed by atoms with Gasteiger partial charge in [-0.2, -0.15) is 5.10 Å². The average molecular weight is 375 g/mol. The fourth-order valence-electron chi connectivity index (χ4n) is 2.21. The number of carbonyl (C=O) groups is 1. The van der Waals surface area contributed by atoms with Crippen molar-refractivity contribution in [1.29, 1.82) is 0 Å². The molecule has 0 aromatic carbocycles.